The summed E-state index contributed by atoms with van der Waals surface area (Å²) in [6.07, 6.45) is 5.48. The first kappa shape index (κ1) is 24.6. The quantitative estimate of drug-likeness (QED) is 0.306. The molecule has 3 rings (SSSR count). The lowest BCUT2D eigenvalue weighted by molar-refractivity contribution is 0.0702. The maximum atomic E-state index is 5.83. The van der Waals surface area contributed by atoms with Gasteiger partial charge in [0.2, 0.25) is 0 Å². The lowest BCUT2D eigenvalue weighted by Crippen LogP contribution is -2.35. The summed E-state index contributed by atoms with van der Waals surface area (Å²) in [5.74, 6) is 3.16. The normalized spacial score (nSPS) is 17.8. The first-order valence-corrected chi connectivity index (χ1v) is 11.9. The van der Waals surface area contributed by atoms with Crippen LogP contribution in [0, 0.1) is 5.92 Å². The second-order valence-electron chi connectivity index (χ2n) is 8.49. The Bertz CT molecular complexity index is 693. The zero-order valence-corrected chi connectivity index (χ0v) is 19.7. The van der Waals surface area contributed by atoms with E-state index in [-0.39, 0.29) is 0 Å². The van der Waals surface area contributed by atoms with E-state index in [2.05, 4.69) is 22.6 Å². The number of benzene rings is 1. The number of nitrogens with zero attached hydrogens (tertiary/aromatic N) is 2. The molecular weight excluding hydrogens is 408 g/mol. The molecule has 0 amide bonds. The number of nitrogens with one attached hydrogen (secondary N) is 2. The molecule has 1 aromatic rings. The Balaban J connectivity index is 1.52. The van der Waals surface area contributed by atoms with Crippen LogP contribution in [0.5, 0.6) is 11.5 Å². The smallest absolute Gasteiger partial charge is 0.195 e. The average molecular weight is 449 g/mol. The van der Waals surface area contributed by atoms with E-state index in [4.69, 9.17) is 23.9 Å². The van der Waals surface area contributed by atoms with Crippen LogP contribution in [0.1, 0.15) is 32.1 Å². The molecule has 1 aromatic carbocycles. The number of rotatable bonds is 11. The van der Waals surface area contributed by atoms with Crippen LogP contribution in [0.25, 0.3) is 0 Å². The van der Waals surface area contributed by atoms with Crippen LogP contribution >= 0.6 is 0 Å². The van der Waals surface area contributed by atoms with Crippen LogP contribution in [-0.2, 0) is 9.47 Å². The number of hydrogen-bond donors (Lipinski definition) is 2. The molecule has 0 unspecified atom stereocenters. The summed E-state index contributed by atoms with van der Waals surface area (Å²) in [5.41, 5.74) is 0.941. The highest BCUT2D eigenvalue weighted by Crippen LogP contribution is 2.32. The van der Waals surface area contributed by atoms with Crippen LogP contribution in [0.15, 0.2) is 23.2 Å². The van der Waals surface area contributed by atoms with Crippen molar-refractivity contribution in [3.63, 3.8) is 0 Å². The van der Waals surface area contributed by atoms with Crippen molar-refractivity contribution < 1.29 is 18.9 Å². The SMILES string of the molecule is COCCOCCCN=C(NCCC1CCN(C)CC1)Nc1ccc2c(c1)OCCCO2. The fraction of sp³-hybridized carbons (Fsp3) is 0.708. The van der Waals surface area contributed by atoms with Gasteiger partial charge in [0, 0.05) is 45.0 Å². The summed E-state index contributed by atoms with van der Waals surface area (Å²) in [6.45, 7) is 7.30. The van der Waals surface area contributed by atoms with Gasteiger partial charge in [-0.2, -0.15) is 0 Å². The van der Waals surface area contributed by atoms with E-state index in [0.717, 1.165) is 54.9 Å². The second-order valence-corrected chi connectivity index (χ2v) is 8.49. The summed E-state index contributed by atoms with van der Waals surface area (Å²) in [7, 11) is 3.89. The molecule has 0 aromatic heterocycles. The van der Waals surface area contributed by atoms with Gasteiger partial charge in [0.1, 0.15) is 0 Å². The number of piperidine rings is 1. The van der Waals surface area contributed by atoms with E-state index in [1.165, 1.54) is 25.9 Å². The highest BCUT2D eigenvalue weighted by molar-refractivity contribution is 5.93. The minimum atomic E-state index is 0.622. The number of anilines is 1. The molecule has 180 valence electrons. The predicted octanol–water partition coefficient (Wildman–Crippen LogP) is 2.99. The van der Waals surface area contributed by atoms with Crippen LogP contribution in [0.2, 0.25) is 0 Å². The van der Waals surface area contributed by atoms with E-state index in [1.807, 2.05) is 18.2 Å². The molecule has 2 aliphatic rings. The van der Waals surface area contributed by atoms with Gasteiger partial charge < -0.3 is 34.5 Å². The first-order chi connectivity index (χ1) is 15.7. The standard InChI is InChI=1S/C24H40N4O4/c1-28-12-8-20(9-13-28)7-11-26-24(25-10-3-14-30-18-17-29-2)27-21-5-6-22-23(19-21)32-16-4-15-31-22/h5-6,19-20H,3-4,7-18H2,1-2H3,(H2,25,26,27). The number of likely N-dealkylation sites (tertiary alicyclic amines) is 1. The minimum absolute atomic E-state index is 0.622. The molecule has 2 aliphatic heterocycles. The molecule has 2 heterocycles. The minimum Gasteiger partial charge on any atom is -0.490 e. The third-order valence-corrected chi connectivity index (χ3v) is 5.84. The number of hydrogen-bond acceptors (Lipinski definition) is 6. The highest BCUT2D eigenvalue weighted by Gasteiger charge is 2.16. The Morgan fingerprint density at radius 1 is 1.12 bits per heavy atom. The van der Waals surface area contributed by atoms with Crippen molar-refractivity contribution in [3.8, 4) is 11.5 Å². The molecule has 32 heavy (non-hydrogen) atoms. The Morgan fingerprint density at radius 2 is 1.94 bits per heavy atom. The van der Waals surface area contributed by atoms with Crippen LogP contribution < -0.4 is 20.1 Å². The van der Waals surface area contributed by atoms with Crippen LogP contribution in [0.3, 0.4) is 0 Å². The predicted molar refractivity (Wildman–Crippen MR) is 128 cm³/mol. The largest absolute Gasteiger partial charge is 0.490 e. The summed E-state index contributed by atoms with van der Waals surface area (Å²) in [4.78, 5) is 7.18. The third kappa shape index (κ3) is 8.84. The Kier molecular flexibility index (Phi) is 10.9. The zero-order valence-electron chi connectivity index (χ0n) is 19.7. The van der Waals surface area contributed by atoms with Gasteiger partial charge in [-0.3, -0.25) is 4.99 Å². The first-order valence-electron chi connectivity index (χ1n) is 11.9. The van der Waals surface area contributed by atoms with Crippen molar-refractivity contribution in [1.29, 1.82) is 0 Å². The third-order valence-electron chi connectivity index (χ3n) is 5.84. The van der Waals surface area contributed by atoms with Crippen molar-refractivity contribution >= 4 is 11.6 Å². The fourth-order valence-electron chi connectivity index (χ4n) is 3.86. The van der Waals surface area contributed by atoms with Crippen LogP contribution in [-0.4, -0.2) is 84.2 Å². The monoisotopic (exact) mass is 448 g/mol. The number of fused-ring (bicyclic) bond motifs is 1. The molecule has 0 radical (unpaired) electrons. The molecule has 0 saturated carbocycles. The van der Waals surface area contributed by atoms with E-state index in [9.17, 15) is 0 Å². The molecule has 0 bridgehead atoms. The molecule has 2 N–H and O–H groups in total. The van der Waals surface area contributed by atoms with E-state index >= 15 is 0 Å². The van der Waals surface area contributed by atoms with Crippen molar-refractivity contribution in [2.45, 2.75) is 32.1 Å². The summed E-state index contributed by atoms with van der Waals surface area (Å²) >= 11 is 0. The van der Waals surface area contributed by atoms with Crippen molar-refractivity contribution in [2.24, 2.45) is 10.9 Å². The van der Waals surface area contributed by atoms with E-state index in [0.29, 0.717) is 39.6 Å². The van der Waals surface area contributed by atoms with Gasteiger partial charge in [-0.15, -0.1) is 0 Å². The van der Waals surface area contributed by atoms with Gasteiger partial charge in [-0.05, 0) is 63.9 Å². The van der Waals surface area contributed by atoms with Gasteiger partial charge >= 0.3 is 0 Å². The summed E-state index contributed by atoms with van der Waals surface area (Å²) < 4.78 is 22.1. The summed E-state index contributed by atoms with van der Waals surface area (Å²) in [5, 5.41) is 6.96. The molecule has 8 heteroatoms. The summed E-state index contributed by atoms with van der Waals surface area (Å²) in [6, 6.07) is 5.96. The fourth-order valence-corrected chi connectivity index (χ4v) is 3.86. The maximum absolute atomic E-state index is 5.83. The van der Waals surface area contributed by atoms with Crippen molar-refractivity contribution in [3.05, 3.63) is 18.2 Å². The van der Waals surface area contributed by atoms with E-state index in [1.54, 1.807) is 7.11 Å². The molecule has 1 saturated heterocycles. The lowest BCUT2D eigenvalue weighted by Gasteiger charge is -2.29. The number of aliphatic imine (C=N–C) groups is 1. The molecule has 0 atom stereocenters. The number of methoxy groups -OCH3 is 1. The maximum Gasteiger partial charge on any atom is 0.195 e. The molecular formula is C24H40N4O4. The average Bonchev–Trinajstić information content (AvgIpc) is 3.04. The van der Waals surface area contributed by atoms with Gasteiger partial charge in [-0.25, -0.2) is 0 Å². The van der Waals surface area contributed by atoms with Gasteiger partial charge in [0.25, 0.3) is 0 Å². The zero-order chi connectivity index (χ0) is 22.4. The van der Waals surface area contributed by atoms with Gasteiger partial charge in [-0.1, -0.05) is 0 Å². The lowest BCUT2D eigenvalue weighted by atomic mass is 9.94. The topological polar surface area (TPSA) is 76.6 Å². The highest BCUT2D eigenvalue weighted by atomic mass is 16.5. The molecule has 8 nitrogen and oxygen atoms in total. The molecule has 1 fully saturated rings. The van der Waals surface area contributed by atoms with Gasteiger partial charge in [0.05, 0.1) is 26.4 Å². The van der Waals surface area contributed by atoms with Crippen LogP contribution in [0.4, 0.5) is 5.69 Å². The van der Waals surface area contributed by atoms with Crippen molar-refractivity contribution in [1.82, 2.24) is 10.2 Å². The van der Waals surface area contributed by atoms with E-state index < -0.39 is 0 Å². The molecule has 0 aliphatic carbocycles. The molecule has 0 spiro atoms. The number of ether oxygens (including phenoxy) is 4. The number of guanidine groups is 1. The Morgan fingerprint density at radius 3 is 2.75 bits per heavy atom. The Labute approximate surface area is 192 Å². The second kappa shape index (κ2) is 14.2. The van der Waals surface area contributed by atoms with Crippen molar-refractivity contribution in [2.75, 3.05) is 78.7 Å². The van der Waals surface area contributed by atoms with Gasteiger partial charge in [0.15, 0.2) is 17.5 Å². The Hall–Kier alpha value is -2.03.